The highest BCUT2D eigenvalue weighted by molar-refractivity contribution is 5.94. The summed E-state index contributed by atoms with van der Waals surface area (Å²) in [7, 11) is 1.61. The Hall–Kier alpha value is -2.02. The smallest absolute Gasteiger partial charge is 0.254 e. The van der Waals surface area contributed by atoms with Crippen molar-refractivity contribution in [3.8, 4) is 11.8 Å². The Kier molecular flexibility index (Phi) is 5.00. The lowest BCUT2D eigenvalue weighted by molar-refractivity contribution is 0.0686. The van der Waals surface area contributed by atoms with Crippen molar-refractivity contribution in [1.29, 1.82) is 5.26 Å². The molecule has 0 unspecified atom stereocenters. The predicted molar refractivity (Wildman–Crippen MR) is 76.5 cm³/mol. The van der Waals surface area contributed by atoms with E-state index in [4.69, 9.17) is 10.00 Å². The van der Waals surface area contributed by atoms with Crippen LogP contribution in [0.1, 0.15) is 42.5 Å². The van der Waals surface area contributed by atoms with E-state index in [1.807, 2.05) is 4.90 Å². The maximum Gasteiger partial charge on any atom is 0.254 e. The van der Waals surface area contributed by atoms with E-state index >= 15 is 0 Å². The second-order valence-electron chi connectivity index (χ2n) is 5.07. The summed E-state index contributed by atoms with van der Waals surface area (Å²) in [5, 5.41) is 8.77. The molecule has 0 heterocycles. The van der Waals surface area contributed by atoms with Gasteiger partial charge in [-0.25, -0.2) is 0 Å². The molecule has 0 N–H and O–H groups in total. The summed E-state index contributed by atoms with van der Waals surface area (Å²) in [6.07, 6.45) is 4.83. The molecular weight excluding hydrogens is 252 g/mol. The minimum atomic E-state index is 0.0230. The largest absolute Gasteiger partial charge is 0.497 e. The molecule has 0 aliphatic heterocycles. The Labute approximate surface area is 120 Å². The first-order chi connectivity index (χ1) is 9.76. The van der Waals surface area contributed by atoms with E-state index in [1.54, 1.807) is 31.4 Å². The number of amides is 1. The summed E-state index contributed by atoms with van der Waals surface area (Å²) in [5.74, 6) is 0.765. The van der Waals surface area contributed by atoms with Crippen LogP contribution in [0.15, 0.2) is 24.3 Å². The number of ether oxygens (including phenoxy) is 1. The van der Waals surface area contributed by atoms with Crippen molar-refractivity contribution in [2.24, 2.45) is 0 Å². The number of carbonyl (C=O) groups is 1. The van der Waals surface area contributed by atoms with E-state index in [-0.39, 0.29) is 11.9 Å². The van der Waals surface area contributed by atoms with Crippen molar-refractivity contribution in [2.45, 2.75) is 38.1 Å². The lowest BCUT2D eigenvalue weighted by atomic mass is 10.1. The maximum atomic E-state index is 12.6. The Balaban J connectivity index is 2.13. The molecule has 106 valence electrons. The van der Waals surface area contributed by atoms with Crippen LogP contribution < -0.4 is 4.74 Å². The second kappa shape index (κ2) is 6.95. The van der Waals surface area contributed by atoms with Crippen molar-refractivity contribution in [3.05, 3.63) is 29.8 Å². The number of nitrogens with zero attached hydrogens (tertiary/aromatic N) is 2. The number of methoxy groups -OCH3 is 1. The molecule has 20 heavy (non-hydrogen) atoms. The molecule has 0 saturated heterocycles. The van der Waals surface area contributed by atoms with Gasteiger partial charge in [0.05, 0.1) is 19.6 Å². The summed E-state index contributed by atoms with van der Waals surface area (Å²) in [5.41, 5.74) is 0.663. The number of hydrogen-bond acceptors (Lipinski definition) is 3. The zero-order chi connectivity index (χ0) is 14.4. The molecule has 0 radical (unpaired) electrons. The fourth-order valence-corrected chi connectivity index (χ4v) is 2.74. The highest BCUT2D eigenvalue weighted by Crippen LogP contribution is 2.25. The van der Waals surface area contributed by atoms with E-state index in [0.29, 0.717) is 18.5 Å². The van der Waals surface area contributed by atoms with Crippen LogP contribution in [0.4, 0.5) is 0 Å². The maximum absolute atomic E-state index is 12.6. The molecule has 0 bridgehead atoms. The van der Waals surface area contributed by atoms with Gasteiger partial charge in [0.1, 0.15) is 5.75 Å². The van der Waals surface area contributed by atoms with Crippen LogP contribution in [0, 0.1) is 11.3 Å². The van der Waals surface area contributed by atoms with Crippen LogP contribution in [-0.4, -0.2) is 30.5 Å². The van der Waals surface area contributed by atoms with Gasteiger partial charge in [-0.15, -0.1) is 0 Å². The zero-order valence-corrected chi connectivity index (χ0v) is 11.8. The summed E-state index contributed by atoms with van der Waals surface area (Å²) in [6.45, 7) is 0.520. The highest BCUT2D eigenvalue weighted by Gasteiger charge is 2.26. The van der Waals surface area contributed by atoms with Crippen LogP contribution in [-0.2, 0) is 0 Å². The van der Waals surface area contributed by atoms with Crippen molar-refractivity contribution in [1.82, 2.24) is 4.90 Å². The average Bonchev–Trinajstić information content (AvgIpc) is 3.01. The third kappa shape index (κ3) is 3.30. The predicted octanol–water partition coefficient (Wildman–Crippen LogP) is 2.99. The summed E-state index contributed by atoms with van der Waals surface area (Å²) < 4.78 is 5.11. The Bertz CT molecular complexity index is 484. The quantitative estimate of drug-likeness (QED) is 0.828. The molecule has 1 aromatic carbocycles. The average molecular weight is 272 g/mol. The molecule has 0 atom stereocenters. The van der Waals surface area contributed by atoms with Gasteiger partial charge in [-0.05, 0) is 37.1 Å². The SMILES string of the molecule is COc1ccc(C(=O)N(CCC#N)C2CCCC2)cc1. The van der Waals surface area contributed by atoms with Crippen molar-refractivity contribution < 1.29 is 9.53 Å². The van der Waals surface area contributed by atoms with Gasteiger partial charge in [0.25, 0.3) is 5.91 Å². The number of benzene rings is 1. The van der Waals surface area contributed by atoms with Crippen molar-refractivity contribution >= 4 is 5.91 Å². The first-order valence-corrected chi connectivity index (χ1v) is 7.08. The molecule has 1 fully saturated rings. The first-order valence-electron chi connectivity index (χ1n) is 7.08. The van der Waals surface area contributed by atoms with E-state index < -0.39 is 0 Å². The Morgan fingerprint density at radius 3 is 2.55 bits per heavy atom. The van der Waals surface area contributed by atoms with E-state index in [9.17, 15) is 4.79 Å². The third-order valence-electron chi connectivity index (χ3n) is 3.83. The molecule has 0 spiro atoms. The second-order valence-corrected chi connectivity index (χ2v) is 5.07. The van der Waals surface area contributed by atoms with Gasteiger partial charge in [-0.3, -0.25) is 4.79 Å². The van der Waals surface area contributed by atoms with Gasteiger partial charge in [0.15, 0.2) is 0 Å². The Morgan fingerprint density at radius 2 is 2.00 bits per heavy atom. The van der Waals surface area contributed by atoms with Crippen molar-refractivity contribution in [3.63, 3.8) is 0 Å². The summed E-state index contributed by atoms with van der Waals surface area (Å²) in [6, 6.07) is 9.59. The molecule has 4 nitrogen and oxygen atoms in total. The van der Waals surface area contributed by atoms with Crippen LogP contribution in [0.5, 0.6) is 5.75 Å². The molecule has 1 aliphatic carbocycles. The minimum absolute atomic E-state index is 0.0230. The fourth-order valence-electron chi connectivity index (χ4n) is 2.74. The molecule has 1 aliphatic rings. The third-order valence-corrected chi connectivity index (χ3v) is 3.83. The van der Waals surface area contributed by atoms with Crippen molar-refractivity contribution in [2.75, 3.05) is 13.7 Å². The molecule has 4 heteroatoms. The molecule has 1 aromatic rings. The zero-order valence-electron chi connectivity index (χ0n) is 11.8. The highest BCUT2D eigenvalue weighted by atomic mass is 16.5. The molecule has 1 saturated carbocycles. The van der Waals surface area contributed by atoms with E-state index in [1.165, 1.54) is 12.8 Å². The summed E-state index contributed by atoms with van der Waals surface area (Å²) >= 11 is 0. The van der Waals surface area contributed by atoms with E-state index in [0.717, 1.165) is 18.6 Å². The monoisotopic (exact) mass is 272 g/mol. The molecule has 1 amide bonds. The van der Waals surface area contributed by atoms with E-state index in [2.05, 4.69) is 6.07 Å². The molecule has 0 aromatic heterocycles. The number of hydrogen-bond donors (Lipinski definition) is 0. The van der Waals surface area contributed by atoms with Gasteiger partial charge < -0.3 is 9.64 Å². The van der Waals surface area contributed by atoms with Gasteiger partial charge in [0, 0.05) is 18.2 Å². The van der Waals surface area contributed by atoms with Gasteiger partial charge in [-0.2, -0.15) is 5.26 Å². The fraction of sp³-hybridized carbons (Fsp3) is 0.500. The molecular formula is C16H20N2O2. The Morgan fingerprint density at radius 1 is 1.35 bits per heavy atom. The molecule has 2 rings (SSSR count). The van der Waals surface area contributed by atoms with Crippen LogP contribution in [0.3, 0.4) is 0 Å². The number of nitriles is 1. The van der Waals surface area contributed by atoms with Gasteiger partial charge >= 0.3 is 0 Å². The normalized spacial score (nSPS) is 14.8. The van der Waals surface area contributed by atoms with Gasteiger partial charge in [-0.1, -0.05) is 12.8 Å². The van der Waals surface area contributed by atoms with Crippen LogP contribution in [0.25, 0.3) is 0 Å². The minimum Gasteiger partial charge on any atom is -0.497 e. The summed E-state index contributed by atoms with van der Waals surface area (Å²) in [4.78, 5) is 14.5. The first kappa shape index (κ1) is 14.4. The van der Waals surface area contributed by atoms with Gasteiger partial charge in [0.2, 0.25) is 0 Å². The van der Waals surface area contributed by atoms with Crippen LogP contribution >= 0.6 is 0 Å². The standard InChI is InChI=1S/C16H20N2O2/c1-20-15-9-7-13(8-10-15)16(19)18(12-4-11-17)14-5-2-3-6-14/h7-10,14H,2-6,12H2,1H3. The number of carbonyl (C=O) groups excluding carboxylic acids is 1. The topological polar surface area (TPSA) is 53.3 Å². The lowest BCUT2D eigenvalue weighted by Crippen LogP contribution is -2.39. The lowest BCUT2D eigenvalue weighted by Gasteiger charge is -2.28. The van der Waals surface area contributed by atoms with Crippen LogP contribution in [0.2, 0.25) is 0 Å². The number of rotatable bonds is 5.